The summed E-state index contributed by atoms with van der Waals surface area (Å²) < 4.78 is 4.79. The van der Waals surface area contributed by atoms with Gasteiger partial charge in [0.1, 0.15) is 12.6 Å². The lowest BCUT2D eigenvalue weighted by Gasteiger charge is -2.32. The van der Waals surface area contributed by atoms with E-state index in [0.29, 0.717) is 17.1 Å². The van der Waals surface area contributed by atoms with Crippen molar-refractivity contribution in [3.8, 4) is 0 Å². The number of nitrogens with one attached hydrogen (secondary N) is 1. The van der Waals surface area contributed by atoms with Crippen LogP contribution in [0.25, 0.3) is 0 Å². The van der Waals surface area contributed by atoms with Gasteiger partial charge in [0, 0.05) is 10.7 Å². The Morgan fingerprint density at radius 3 is 2.32 bits per heavy atom. The molecule has 150 valence electrons. The number of anilines is 1. The van der Waals surface area contributed by atoms with Crippen LogP contribution in [0.2, 0.25) is 5.02 Å². The van der Waals surface area contributed by atoms with Crippen LogP contribution in [0.4, 0.5) is 5.69 Å². The van der Waals surface area contributed by atoms with E-state index in [2.05, 4.69) is 5.32 Å². The third kappa shape index (κ3) is 5.71. The summed E-state index contributed by atoms with van der Waals surface area (Å²) in [6, 6.07) is 15.0. The summed E-state index contributed by atoms with van der Waals surface area (Å²) in [7, 11) is 1.31. The highest BCUT2D eigenvalue weighted by Gasteiger charge is 2.28. The first-order valence-corrected chi connectivity index (χ1v) is 9.43. The van der Waals surface area contributed by atoms with Crippen molar-refractivity contribution >= 4 is 29.2 Å². The molecule has 0 saturated heterocycles. The predicted octanol–water partition coefficient (Wildman–Crippen LogP) is 2.95. The molecule has 0 aliphatic rings. The Bertz CT molecular complexity index is 768. The second kappa shape index (κ2) is 10.7. The number of nitrogens with zero attached hydrogens (tertiary/aromatic N) is 1. The number of ether oxygens (including phenoxy) is 1. The molecular weight excluding hydrogens is 380 g/mol. The highest BCUT2D eigenvalue weighted by molar-refractivity contribution is 6.30. The molecule has 0 aliphatic heterocycles. The molecule has 2 aromatic rings. The van der Waals surface area contributed by atoms with Gasteiger partial charge in [-0.2, -0.15) is 0 Å². The second-order valence-corrected chi connectivity index (χ2v) is 6.70. The number of aliphatic hydroxyl groups is 1. The Kier molecular flexibility index (Phi) is 8.29. The van der Waals surface area contributed by atoms with E-state index < -0.39 is 18.1 Å². The molecule has 2 atom stereocenters. The number of methoxy groups -OCH3 is 1. The average molecular weight is 405 g/mol. The molecule has 0 spiro atoms. The van der Waals surface area contributed by atoms with Crippen molar-refractivity contribution in [1.82, 2.24) is 5.32 Å². The van der Waals surface area contributed by atoms with Crippen LogP contribution in [0, 0.1) is 0 Å². The first-order chi connectivity index (χ1) is 13.5. The zero-order chi connectivity index (χ0) is 20.5. The van der Waals surface area contributed by atoms with Gasteiger partial charge in [-0.3, -0.25) is 9.59 Å². The van der Waals surface area contributed by atoms with Gasteiger partial charge in [-0.1, -0.05) is 48.9 Å². The number of rotatable bonds is 9. The van der Waals surface area contributed by atoms with E-state index >= 15 is 0 Å². The van der Waals surface area contributed by atoms with Gasteiger partial charge >= 0.3 is 5.97 Å². The van der Waals surface area contributed by atoms with Crippen LogP contribution in [0.1, 0.15) is 24.9 Å². The van der Waals surface area contributed by atoms with Crippen molar-refractivity contribution in [2.24, 2.45) is 0 Å². The molecule has 6 nitrogen and oxygen atoms in total. The van der Waals surface area contributed by atoms with Crippen LogP contribution in [-0.4, -0.2) is 43.3 Å². The standard InChI is InChI=1S/C21H25ClN2O4/c1-3-19(21(27)23-18(14-25)15-7-5-4-6-8-15)24(13-20(26)28-2)17-11-9-16(22)10-12-17/h4-12,18-19,25H,3,13-14H2,1-2H3,(H,23,27)/t18-,19+/m0/s1. The van der Waals surface area contributed by atoms with Crippen molar-refractivity contribution in [2.75, 3.05) is 25.2 Å². The maximum Gasteiger partial charge on any atom is 0.325 e. The number of halogens is 1. The zero-order valence-corrected chi connectivity index (χ0v) is 16.7. The summed E-state index contributed by atoms with van der Waals surface area (Å²) in [5.74, 6) is -0.743. The summed E-state index contributed by atoms with van der Waals surface area (Å²) in [5, 5.41) is 13.2. The number of hydrogen-bond donors (Lipinski definition) is 2. The van der Waals surface area contributed by atoms with Crippen LogP contribution < -0.4 is 10.2 Å². The number of hydrogen-bond acceptors (Lipinski definition) is 5. The summed E-state index contributed by atoms with van der Waals surface area (Å²) in [4.78, 5) is 26.6. The minimum absolute atomic E-state index is 0.0841. The Hall–Kier alpha value is -2.57. The van der Waals surface area contributed by atoms with E-state index in [4.69, 9.17) is 16.3 Å². The number of esters is 1. The van der Waals surface area contributed by atoms with Crippen LogP contribution in [0.3, 0.4) is 0 Å². The smallest absolute Gasteiger partial charge is 0.325 e. The van der Waals surface area contributed by atoms with Crippen LogP contribution in [0.5, 0.6) is 0 Å². The van der Waals surface area contributed by atoms with E-state index in [1.165, 1.54) is 7.11 Å². The molecule has 2 N–H and O–H groups in total. The fourth-order valence-electron chi connectivity index (χ4n) is 2.95. The normalized spacial score (nSPS) is 12.7. The molecule has 2 aromatic carbocycles. The van der Waals surface area contributed by atoms with Crippen molar-refractivity contribution in [1.29, 1.82) is 0 Å². The first kappa shape index (κ1) is 21.7. The molecule has 0 aliphatic carbocycles. The lowest BCUT2D eigenvalue weighted by Crippen LogP contribution is -2.50. The Balaban J connectivity index is 2.26. The van der Waals surface area contributed by atoms with Crippen molar-refractivity contribution in [2.45, 2.75) is 25.4 Å². The third-order valence-electron chi connectivity index (χ3n) is 4.45. The number of carbonyl (C=O) groups excluding carboxylic acids is 2. The first-order valence-electron chi connectivity index (χ1n) is 9.05. The lowest BCUT2D eigenvalue weighted by molar-refractivity contribution is -0.139. The number of amides is 1. The Labute approximate surface area is 170 Å². The monoisotopic (exact) mass is 404 g/mol. The quantitative estimate of drug-likeness (QED) is 0.628. The SMILES string of the molecule is CC[C@H](C(=O)N[C@@H](CO)c1ccccc1)N(CC(=O)OC)c1ccc(Cl)cc1. The molecule has 0 unspecified atom stereocenters. The van der Waals surface area contributed by atoms with Crippen molar-refractivity contribution in [3.63, 3.8) is 0 Å². The fraction of sp³-hybridized carbons (Fsp3) is 0.333. The molecule has 2 rings (SSSR count). The van der Waals surface area contributed by atoms with E-state index in [-0.39, 0.29) is 19.1 Å². The van der Waals surface area contributed by atoms with Crippen LogP contribution in [0.15, 0.2) is 54.6 Å². The highest BCUT2D eigenvalue weighted by Crippen LogP contribution is 2.22. The minimum atomic E-state index is -0.627. The van der Waals surface area contributed by atoms with E-state index in [1.54, 1.807) is 29.2 Å². The number of benzene rings is 2. The van der Waals surface area contributed by atoms with Gasteiger partial charge in [0.15, 0.2) is 0 Å². The Morgan fingerprint density at radius 2 is 1.79 bits per heavy atom. The predicted molar refractivity (Wildman–Crippen MR) is 109 cm³/mol. The van der Waals surface area contributed by atoms with Gasteiger partial charge in [0.2, 0.25) is 5.91 Å². The summed E-state index contributed by atoms with van der Waals surface area (Å²) in [6.45, 7) is 1.55. The van der Waals surface area contributed by atoms with Gasteiger partial charge in [-0.25, -0.2) is 0 Å². The van der Waals surface area contributed by atoms with Crippen molar-refractivity contribution < 1.29 is 19.4 Å². The molecule has 0 bridgehead atoms. The lowest BCUT2D eigenvalue weighted by atomic mass is 10.1. The Morgan fingerprint density at radius 1 is 1.14 bits per heavy atom. The molecule has 0 radical (unpaired) electrons. The average Bonchev–Trinajstić information content (AvgIpc) is 2.72. The number of aliphatic hydroxyl groups excluding tert-OH is 1. The second-order valence-electron chi connectivity index (χ2n) is 6.26. The molecule has 0 saturated carbocycles. The third-order valence-corrected chi connectivity index (χ3v) is 4.70. The van der Waals surface area contributed by atoms with Gasteiger partial charge in [0.05, 0.1) is 19.8 Å². The fourth-order valence-corrected chi connectivity index (χ4v) is 3.08. The maximum absolute atomic E-state index is 13.0. The molecular formula is C21H25ClN2O4. The van der Waals surface area contributed by atoms with E-state index in [0.717, 1.165) is 5.56 Å². The minimum Gasteiger partial charge on any atom is -0.468 e. The summed E-state index contributed by atoms with van der Waals surface area (Å²) >= 11 is 5.96. The molecule has 0 fully saturated rings. The van der Waals surface area contributed by atoms with Gasteiger partial charge in [0.25, 0.3) is 0 Å². The summed E-state index contributed by atoms with van der Waals surface area (Å²) in [5.41, 5.74) is 1.48. The van der Waals surface area contributed by atoms with E-state index in [1.807, 2.05) is 37.3 Å². The molecule has 0 heterocycles. The van der Waals surface area contributed by atoms with Gasteiger partial charge in [-0.15, -0.1) is 0 Å². The summed E-state index contributed by atoms with van der Waals surface area (Å²) in [6.07, 6.45) is 0.457. The molecule has 28 heavy (non-hydrogen) atoms. The van der Waals surface area contributed by atoms with Gasteiger partial charge in [-0.05, 0) is 36.2 Å². The van der Waals surface area contributed by atoms with Crippen molar-refractivity contribution in [3.05, 3.63) is 65.2 Å². The zero-order valence-electron chi connectivity index (χ0n) is 16.0. The topological polar surface area (TPSA) is 78.9 Å². The molecule has 7 heteroatoms. The van der Waals surface area contributed by atoms with Crippen LogP contribution >= 0.6 is 11.6 Å². The highest BCUT2D eigenvalue weighted by atomic mass is 35.5. The van der Waals surface area contributed by atoms with Crippen LogP contribution in [-0.2, 0) is 14.3 Å². The largest absolute Gasteiger partial charge is 0.468 e. The van der Waals surface area contributed by atoms with Gasteiger partial charge < -0.3 is 20.1 Å². The molecule has 0 aromatic heterocycles. The van der Waals surface area contributed by atoms with E-state index in [9.17, 15) is 14.7 Å². The number of carbonyl (C=O) groups is 2. The maximum atomic E-state index is 13.0. The molecule has 1 amide bonds.